The van der Waals surface area contributed by atoms with Gasteiger partial charge in [-0.15, -0.1) is 0 Å². The van der Waals surface area contributed by atoms with Crippen molar-refractivity contribution in [3.8, 4) is 0 Å². The van der Waals surface area contributed by atoms with E-state index in [9.17, 15) is 4.79 Å². The largest absolute Gasteiger partial charge is 0.355 e. The third-order valence-corrected chi connectivity index (χ3v) is 2.12. The molecule has 0 fully saturated rings. The zero-order chi connectivity index (χ0) is 11.3. The highest BCUT2D eigenvalue weighted by Crippen LogP contribution is 1.96. The molecule has 1 heterocycles. The summed E-state index contributed by atoms with van der Waals surface area (Å²) in [6, 6.07) is -0.176. The van der Waals surface area contributed by atoms with E-state index in [0.717, 1.165) is 5.56 Å². The number of nitrogens with one attached hydrogen (secondary N) is 2. The molecule has 0 aliphatic carbocycles. The van der Waals surface area contributed by atoms with Gasteiger partial charge in [0.1, 0.15) is 0 Å². The van der Waals surface area contributed by atoms with Gasteiger partial charge >= 0.3 is 0 Å². The molecule has 0 aliphatic heterocycles. The van der Waals surface area contributed by atoms with Crippen LogP contribution in [0.25, 0.3) is 0 Å². The molecular formula is C10H18N4O. The molecule has 5 nitrogen and oxygen atoms in total. The first kappa shape index (κ1) is 11.7. The first-order valence-electron chi connectivity index (χ1n) is 5.12. The van der Waals surface area contributed by atoms with Crippen LogP contribution in [0.5, 0.6) is 0 Å². The molecule has 1 rings (SSSR count). The van der Waals surface area contributed by atoms with Crippen molar-refractivity contribution in [2.45, 2.75) is 26.4 Å². The standard InChI is InChI=1S/C10H18N4O/c1-4-11-10(15)8(2)12-5-9-6-13-14(3)7-9/h6-8,12H,4-5H2,1-3H3,(H,11,15). The molecule has 5 heteroatoms. The first-order chi connectivity index (χ1) is 7.13. The number of hydrogen-bond donors (Lipinski definition) is 2. The minimum absolute atomic E-state index is 0.0291. The Morgan fingerprint density at radius 1 is 1.67 bits per heavy atom. The number of aryl methyl sites for hydroxylation is 1. The summed E-state index contributed by atoms with van der Waals surface area (Å²) in [6.07, 6.45) is 3.72. The van der Waals surface area contributed by atoms with Crippen LogP contribution >= 0.6 is 0 Å². The van der Waals surface area contributed by atoms with E-state index in [-0.39, 0.29) is 11.9 Å². The molecule has 0 aliphatic rings. The van der Waals surface area contributed by atoms with E-state index in [1.165, 1.54) is 0 Å². The smallest absolute Gasteiger partial charge is 0.236 e. The maximum Gasteiger partial charge on any atom is 0.236 e. The Morgan fingerprint density at radius 3 is 2.93 bits per heavy atom. The van der Waals surface area contributed by atoms with Crippen LogP contribution in [0, 0.1) is 0 Å². The molecule has 0 saturated carbocycles. The Morgan fingerprint density at radius 2 is 2.40 bits per heavy atom. The Bertz CT molecular complexity index is 321. The molecule has 0 aromatic carbocycles. The van der Waals surface area contributed by atoms with Crippen molar-refractivity contribution in [1.82, 2.24) is 20.4 Å². The van der Waals surface area contributed by atoms with Crippen LogP contribution in [0.3, 0.4) is 0 Å². The minimum atomic E-state index is -0.176. The zero-order valence-electron chi connectivity index (χ0n) is 9.45. The second-order valence-electron chi connectivity index (χ2n) is 3.52. The highest BCUT2D eigenvalue weighted by Gasteiger charge is 2.10. The zero-order valence-corrected chi connectivity index (χ0v) is 9.45. The highest BCUT2D eigenvalue weighted by atomic mass is 16.2. The molecule has 0 bridgehead atoms. The van der Waals surface area contributed by atoms with Crippen molar-refractivity contribution in [3.05, 3.63) is 18.0 Å². The number of likely N-dealkylation sites (N-methyl/N-ethyl adjacent to an activating group) is 1. The van der Waals surface area contributed by atoms with Gasteiger partial charge in [-0.1, -0.05) is 0 Å². The van der Waals surface area contributed by atoms with Crippen LogP contribution in [0.1, 0.15) is 19.4 Å². The number of hydrogen-bond acceptors (Lipinski definition) is 3. The first-order valence-corrected chi connectivity index (χ1v) is 5.12. The summed E-state index contributed by atoms with van der Waals surface area (Å²) >= 11 is 0. The molecule has 84 valence electrons. The molecular weight excluding hydrogens is 192 g/mol. The van der Waals surface area contributed by atoms with Crippen LogP contribution in [-0.4, -0.2) is 28.3 Å². The maximum absolute atomic E-state index is 11.4. The molecule has 1 atom stereocenters. The van der Waals surface area contributed by atoms with E-state index >= 15 is 0 Å². The third-order valence-electron chi connectivity index (χ3n) is 2.12. The normalized spacial score (nSPS) is 12.5. The Labute approximate surface area is 89.9 Å². The van der Waals surface area contributed by atoms with Crippen molar-refractivity contribution in [1.29, 1.82) is 0 Å². The lowest BCUT2D eigenvalue weighted by atomic mass is 10.3. The lowest BCUT2D eigenvalue weighted by Gasteiger charge is -2.12. The van der Waals surface area contributed by atoms with Crippen LogP contribution in [0.2, 0.25) is 0 Å². The van der Waals surface area contributed by atoms with Gasteiger partial charge in [-0.3, -0.25) is 9.48 Å². The van der Waals surface area contributed by atoms with Crippen LogP contribution in [0.15, 0.2) is 12.4 Å². The van der Waals surface area contributed by atoms with Gasteiger partial charge in [0.25, 0.3) is 0 Å². The van der Waals surface area contributed by atoms with Crippen LogP contribution in [0.4, 0.5) is 0 Å². The Balaban J connectivity index is 2.33. The lowest BCUT2D eigenvalue weighted by molar-refractivity contribution is -0.122. The Kier molecular flexibility index (Phi) is 4.30. The SMILES string of the molecule is CCNC(=O)C(C)NCc1cnn(C)c1. The monoisotopic (exact) mass is 210 g/mol. The fraction of sp³-hybridized carbons (Fsp3) is 0.600. The number of amides is 1. The minimum Gasteiger partial charge on any atom is -0.355 e. The van der Waals surface area contributed by atoms with E-state index in [4.69, 9.17) is 0 Å². The predicted octanol–water partition coefficient (Wildman–Crippen LogP) is 0.0343. The topological polar surface area (TPSA) is 59.0 Å². The van der Waals surface area contributed by atoms with Gasteiger partial charge in [0.15, 0.2) is 0 Å². The van der Waals surface area contributed by atoms with Crippen molar-refractivity contribution in [3.63, 3.8) is 0 Å². The number of aromatic nitrogens is 2. The van der Waals surface area contributed by atoms with E-state index in [1.54, 1.807) is 10.9 Å². The van der Waals surface area contributed by atoms with E-state index < -0.39 is 0 Å². The summed E-state index contributed by atoms with van der Waals surface area (Å²) in [7, 11) is 1.87. The van der Waals surface area contributed by atoms with Gasteiger partial charge in [-0.25, -0.2) is 0 Å². The number of carbonyl (C=O) groups is 1. The summed E-state index contributed by atoms with van der Waals surface area (Å²) in [5.74, 6) is 0.0291. The molecule has 1 amide bonds. The molecule has 1 unspecified atom stereocenters. The molecule has 2 N–H and O–H groups in total. The van der Waals surface area contributed by atoms with Crippen molar-refractivity contribution >= 4 is 5.91 Å². The summed E-state index contributed by atoms with van der Waals surface area (Å²) in [4.78, 5) is 11.4. The molecule has 0 saturated heterocycles. The van der Waals surface area contributed by atoms with Crippen LogP contribution < -0.4 is 10.6 Å². The quantitative estimate of drug-likeness (QED) is 0.721. The summed E-state index contributed by atoms with van der Waals surface area (Å²) in [5.41, 5.74) is 1.08. The number of rotatable bonds is 5. The fourth-order valence-corrected chi connectivity index (χ4v) is 1.25. The van der Waals surface area contributed by atoms with Gasteiger partial charge in [-0.05, 0) is 13.8 Å². The maximum atomic E-state index is 11.4. The predicted molar refractivity (Wildman–Crippen MR) is 58.2 cm³/mol. The highest BCUT2D eigenvalue weighted by molar-refractivity contribution is 5.81. The molecule has 0 spiro atoms. The van der Waals surface area contributed by atoms with Crippen molar-refractivity contribution < 1.29 is 4.79 Å². The molecule has 0 radical (unpaired) electrons. The molecule has 1 aromatic heterocycles. The molecule has 1 aromatic rings. The van der Waals surface area contributed by atoms with Gasteiger partial charge in [0, 0.05) is 31.9 Å². The summed E-state index contributed by atoms with van der Waals surface area (Å²) in [6.45, 7) is 5.08. The van der Waals surface area contributed by atoms with Gasteiger partial charge in [0.2, 0.25) is 5.91 Å². The Hall–Kier alpha value is -1.36. The van der Waals surface area contributed by atoms with E-state index in [1.807, 2.05) is 27.1 Å². The molecule has 15 heavy (non-hydrogen) atoms. The van der Waals surface area contributed by atoms with Crippen molar-refractivity contribution in [2.75, 3.05) is 6.54 Å². The number of carbonyl (C=O) groups excluding carboxylic acids is 1. The summed E-state index contributed by atoms with van der Waals surface area (Å²) < 4.78 is 1.74. The third kappa shape index (κ3) is 3.71. The second-order valence-corrected chi connectivity index (χ2v) is 3.52. The van der Waals surface area contributed by atoms with E-state index in [2.05, 4.69) is 15.7 Å². The second kappa shape index (κ2) is 5.50. The van der Waals surface area contributed by atoms with Crippen molar-refractivity contribution in [2.24, 2.45) is 7.05 Å². The number of nitrogens with zero attached hydrogens (tertiary/aromatic N) is 2. The van der Waals surface area contributed by atoms with Crippen LogP contribution in [-0.2, 0) is 18.4 Å². The van der Waals surface area contributed by atoms with E-state index in [0.29, 0.717) is 13.1 Å². The average molecular weight is 210 g/mol. The fourth-order valence-electron chi connectivity index (χ4n) is 1.25. The van der Waals surface area contributed by atoms with Gasteiger partial charge in [0.05, 0.1) is 12.2 Å². The lowest BCUT2D eigenvalue weighted by Crippen LogP contribution is -2.41. The van der Waals surface area contributed by atoms with Gasteiger partial charge < -0.3 is 10.6 Å². The summed E-state index contributed by atoms with van der Waals surface area (Å²) in [5, 5.41) is 9.95. The average Bonchev–Trinajstić information content (AvgIpc) is 2.61. The van der Waals surface area contributed by atoms with Gasteiger partial charge in [-0.2, -0.15) is 5.10 Å².